The Morgan fingerprint density at radius 2 is 1.75 bits per heavy atom. The molecule has 142 valence electrons. The van der Waals surface area contributed by atoms with Crippen molar-refractivity contribution in [1.82, 2.24) is 19.1 Å². The molecule has 5 heteroatoms. The van der Waals surface area contributed by atoms with Crippen molar-refractivity contribution in [2.75, 3.05) is 13.2 Å². The first-order chi connectivity index (χ1) is 13.8. The number of hydrogen-bond donors (Lipinski definition) is 0. The Morgan fingerprint density at radius 1 is 1.00 bits per heavy atom. The van der Waals surface area contributed by atoms with Crippen LogP contribution >= 0.6 is 0 Å². The number of hydrogen-bond acceptors (Lipinski definition) is 3. The van der Waals surface area contributed by atoms with E-state index in [1.165, 1.54) is 0 Å². The fourth-order valence-corrected chi connectivity index (χ4v) is 4.13. The van der Waals surface area contributed by atoms with Crippen LogP contribution in [-0.2, 0) is 18.3 Å². The predicted octanol–water partition coefficient (Wildman–Crippen LogP) is 4.53. The molecule has 0 amide bonds. The molecule has 5 rings (SSSR count). The zero-order chi connectivity index (χ0) is 18.9. The van der Waals surface area contributed by atoms with E-state index < -0.39 is 0 Å². The number of aryl methyl sites for hydroxylation is 1. The summed E-state index contributed by atoms with van der Waals surface area (Å²) in [6.07, 6.45) is 4.17. The van der Waals surface area contributed by atoms with Crippen molar-refractivity contribution in [3.05, 3.63) is 60.9 Å². The van der Waals surface area contributed by atoms with E-state index in [4.69, 9.17) is 14.7 Å². The first-order valence-corrected chi connectivity index (χ1v) is 9.91. The third-order valence-electron chi connectivity index (χ3n) is 5.68. The summed E-state index contributed by atoms with van der Waals surface area (Å²) in [6, 6.07) is 18.7. The zero-order valence-electron chi connectivity index (χ0n) is 16.1. The predicted molar refractivity (Wildman–Crippen MR) is 111 cm³/mol. The molecule has 1 fully saturated rings. The number of para-hydroxylation sites is 2. The van der Waals surface area contributed by atoms with Gasteiger partial charge in [-0.2, -0.15) is 0 Å². The Labute approximate surface area is 164 Å². The standard InChI is InChI=1S/C23H24N4O/c1-26-20-10-6-5-9-19(20)25-23(26)22-21(18-7-3-2-4-8-18)24-16-27(22)15-17-11-13-28-14-12-17/h2-10,16-17H,11-15H2,1H3. The summed E-state index contributed by atoms with van der Waals surface area (Å²) in [5.74, 6) is 1.57. The molecule has 5 nitrogen and oxygen atoms in total. The van der Waals surface area contributed by atoms with Crippen LogP contribution in [0.1, 0.15) is 12.8 Å². The van der Waals surface area contributed by atoms with Crippen LogP contribution in [0.2, 0.25) is 0 Å². The third kappa shape index (κ3) is 3.02. The summed E-state index contributed by atoms with van der Waals surface area (Å²) in [5, 5.41) is 0. The normalized spacial score (nSPS) is 15.3. The molecule has 2 aromatic carbocycles. The Kier molecular flexibility index (Phi) is 4.45. The van der Waals surface area contributed by atoms with Gasteiger partial charge in [0, 0.05) is 32.4 Å². The van der Waals surface area contributed by atoms with Crippen LogP contribution in [0, 0.1) is 5.92 Å². The number of imidazole rings is 2. The van der Waals surface area contributed by atoms with Crippen LogP contribution in [0.15, 0.2) is 60.9 Å². The number of nitrogens with zero attached hydrogens (tertiary/aromatic N) is 4. The molecule has 4 aromatic rings. The lowest BCUT2D eigenvalue weighted by Gasteiger charge is -2.23. The number of ether oxygens (including phenoxy) is 1. The molecule has 1 aliphatic heterocycles. The summed E-state index contributed by atoms with van der Waals surface area (Å²) in [5.41, 5.74) is 5.35. The lowest BCUT2D eigenvalue weighted by molar-refractivity contribution is 0.0614. The monoisotopic (exact) mass is 372 g/mol. The van der Waals surface area contributed by atoms with Gasteiger partial charge in [0.1, 0.15) is 5.69 Å². The second-order valence-corrected chi connectivity index (χ2v) is 7.50. The van der Waals surface area contributed by atoms with Crippen molar-refractivity contribution in [2.45, 2.75) is 19.4 Å². The smallest absolute Gasteiger partial charge is 0.159 e. The minimum absolute atomic E-state index is 0.611. The maximum absolute atomic E-state index is 5.54. The highest BCUT2D eigenvalue weighted by Crippen LogP contribution is 2.33. The molecule has 0 unspecified atom stereocenters. The fourth-order valence-electron chi connectivity index (χ4n) is 4.13. The molecular formula is C23H24N4O. The van der Waals surface area contributed by atoms with Gasteiger partial charge in [0.25, 0.3) is 0 Å². The summed E-state index contributed by atoms with van der Waals surface area (Å²) in [6.45, 7) is 2.65. The second kappa shape index (κ2) is 7.24. The summed E-state index contributed by atoms with van der Waals surface area (Å²) < 4.78 is 10.0. The van der Waals surface area contributed by atoms with Crippen LogP contribution < -0.4 is 0 Å². The highest BCUT2D eigenvalue weighted by Gasteiger charge is 2.23. The lowest BCUT2D eigenvalue weighted by atomic mass is 10.00. The molecule has 0 saturated carbocycles. The third-order valence-corrected chi connectivity index (χ3v) is 5.68. The van der Waals surface area contributed by atoms with E-state index in [0.29, 0.717) is 5.92 Å². The van der Waals surface area contributed by atoms with E-state index in [1.807, 2.05) is 18.5 Å². The summed E-state index contributed by atoms with van der Waals surface area (Å²) in [4.78, 5) is 9.79. The van der Waals surface area contributed by atoms with Crippen LogP contribution in [0.5, 0.6) is 0 Å². The minimum atomic E-state index is 0.611. The Hall–Kier alpha value is -2.92. The Morgan fingerprint density at radius 3 is 2.54 bits per heavy atom. The second-order valence-electron chi connectivity index (χ2n) is 7.50. The molecule has 0 atom stereocenters. The van der Waals surface area contributed by atoms with Crippen molar-refractivity contribution in [3.8, 4) is 22.8 Å². The number of fused-ring (bicyclic) bond motifs is 1. The maximum Gasteiger partial charge on any atom is 0.159 e. The van der Waals surface area contributed by atoms with Gasteiger partial charge in [-0.15, -0.1) is 0 Å². The van der Waals surface area contributed by atoms with Gasteiger partial charge < -0.3 is 13.9 Å². The van der Waals surface area contributed by atoms with E-state index in [1.54, 1.807) is 0 Å². The van der Waals surface area contributed by atoms with Crippen molar-refractivity contribution in [1.29, 1.82) is 0 Å². The van der Waals surface area contributed by atoms with E-state index in [2.05, 4.69) is 58.6 Å². The van der Waals surface area contributed by atoms with E-state index in [0.717, 1.165) is 66.4 Å². The largest absolute Gasteiger partial charge is 0.381 e. The first-order valence-electron chi connectivity index (χ1n) is 9.91. The first kappa shape index (κ1) is 17.2. The maximum atomic E-state index is 5.54. The molecule has 0 radical (unpaired) electrons. The van der Waals surface area contributed by atoms with Crippen LogP contribution in [0.4, 0.5) is 0 Å². The SMILES string of the molecule is Cn1c(-c2c(-c3ccccc3)ncn2CC2CCOCC2)nc2ccccc21. The number of aromatic nitrogens is 4. The molecular weight excluding hydrogens is 348 g/mol. The fraction of sp³-hybridized carbons (Fsp3) is 0.304. The van der Waals surface area contributed by atoms with Gasteiger partial charge in [-0.3, -0.25) is 0 Å². The van der Waals surface area contributed by atoms with Crippen LogP contribution in [0.25, 0.3) is 33.8 Å². The van der Waals surface area contributed by atoms with E-state index in [-0.39, 0.29) is 0 Å². The van der Waals surface area contributed by atoms with Gasteiger partial charge in [0.05, 0.1) is 23.1 Å². The lowest BCUT2D eigenvalue weighted by Crippen LogP contribution is -2.20. The average molecular weight is 372 g/mol. The van der Waals surface area contributed by atoms with Gasteiger partial charge in [0.2, 0.25) is 0 Å². The number of benzene rings is 2. The quantitative estimate of drug-likeness (QED) is 0.529. The molecule has 0 aliphatic carbocycles. The minimum Gasteiger partial charge on any atom is -0.381 e. The van der Waals surface area contributed by atoms with Gasteiger partial charge in [-0.05, 0) is 30.9 Å². The Bertz CT molecular complexity index is 1090. The molecule has 28 heavy (non-hydrogen) atoms. The van der Waals surface area contributed by atoms with Crippen LogP contribution in [-0.4, -0.2) is 32.3 Å². The molecule has 2 aromatic heterocycles. The van der Waals surface area contributed by atoms with Crippen LogP contribution in [0.3, 0.4) is 0 Å². The molecule has 0 bridgehead atoms. The van der Waals surface area contributed by atoms with E-state index >= 15 is 0 Å². The highest BCUT2D eigenvalue weighted by molar-refractivity contribution is 5.84. The average Bonchev–Trinajstić information content (AvgIpc) is 3.30. The molecule has 0 spiro atoms. The van der Waals surface area contributed by atoms with Crippen molar-refractivity contribution >= 4 is 11.0 Å². The van der Waals surface area contributed by atoms with Crippen molar-refractivity contribution < 1.29 is 4.74 Å². The molecule has 1 saturated heterocycles. The molecule has 1 aliphatic rings. The van der Waals surface area contributed by atoms with Gasteiger partial charge >= 0.3 is 0 Å². The Balaban J connectivity index is 1.66. The topological polar surface area (TPSA) is 44.9 Å². The highest BCUT2D eigenvalue weighted by atomic mass is 16.5. The van der Waals surface area contributed by atoms with Gasteiger partial charge in [-0.25, -0.2) is 9.97 Å². The molecule has 0 N–H and O–H groups in total. The van der Waals surface area contributed by atoms with Crippen molar-refractivity contribution in [3.63, 3.8) is 0 Å². The summed E-state index contributed by atoms with van der Waals surface area (Å²) >= 11 is 0. The molecule has 3 heterocycles. The summed E-state index contributed by atoms with van der Waals surface area (Å²) in [7, 11) is 2.09. The van der Waals surface area contributed by atoms with Gasteiger partial charge in [0.15, 0.2) is 5.82 Å². The van der Waals surface area contributed by atoms with E-state index in [9.17, 15) is 0 Å². The number of rotatable bonds is 4. The van der Waals surface area contributed by atoms with Crippen molar-refractivity contribution in [2.24, 2.45) is 13.0 Å². The van der Waals surface area contributed by atoms with Gasteiger partial charge in [-0.1, -0.05) is 42.5 Å². The zero-order valence-corrected chi connectivity index (χ0v) is 16.1.